The molecule has 0 spiro atoms. The van der Waals surface area contributed by atoms with Crippen molar-refractivity contribution in [3.8, 4) is 0 Å². The van der Waals surface area contributed by atoms with Gasteiger partial charge in [0.15, 0.2) is 0 Å². The third-order valence-electron chi connectivity index (χ3n) is 4.78. The molecule has 1 heterocycles. The maximum absolute atomic E-state index is 12.2. The number of carbonyl (C=O) groups is 1. The molecule has 1 atom stereocenters. The second-order valence-electron chi connectivity index (χ2n) is 7.47. The monoisotopic (exact) mass is 333 g/mol. The lowest BCUT2D eigenvalue weighted by Gasteiger charge is -2.35. The smallest absolute Gasteiger partial charge is 0.319 e. The van der Waals surface area contributed by atoms with Crippen LogP contribution in [-0.4, -0.2) is 35.9 Å². The van der Waals surface area contributed by atoms with Gasteiger partial charge < -0.3 is 20.6 Å². The van der Waals surface area contributed by atoms with Gasteiger partial charge in [-0.15, -0.1) is 0 Å². The Bertz CT molecular complexity index is 572. The lowest BCUT2D eigenvalue weighted by molar-refractivity contribution is 0.218. The molecule has 1 aromatic carbocycles. The molecule has 0 aromatic heterocycles. The first-order chi connectivity index (χ1) is 11.3. The number of hydrogen-bond acceptors (Lipinski definition) is 3. The van der Waals surface area contributed by atoms with Gasteiger partial charge in [0, 0.05) is 36.1 Å². The van der Waals surface area contributed by atoms with E-state index in [0.717, 1.165) is 17.8 Å². The van der Waals surface area contributed by atoms with Gasteiger partial charge in [-0.2, -0.15) is 0 Å². The van der Waals surface area contributed by atoms with E-state index in [2.05, 4.69) is 34.6 Å². The molecule has 1 aliphatic rings. The molecular formula is C19H31N3O2. The third-order valence-corrected chi connectivity index (χ3v) is 4.78. The number of nitrogens with zero attached hydrogens (tertiary/aromatic N) is 1. The number of aliphatic hydroxyl groups excluding tert-OH is 1. The topological polar surface area (TPSA) is 64.6 Å². The Labute approximate surface area is 145 Å². The summed E-state index contributed by atoms with van der Waals surface area (Å²) in [7, 11) is 0. The van der Waals surface area contributed by atoms with Crippen molar-refractivity contribution in [2.24, 2.45) is 0 Å². The number of nitrogens with one attached hydrogen (secondary N) is 2. The predicted octanol–water partition coefficient (Wildman–Crippen LogP) is 3.66. The minimum atomic E-state index is -0.435. The molecule has 1 saturated heterocycles. The lowest BCUT2D eigenvalue weighted by atomic mass is 10.0. The maximum atomic E-state index is 12.2. The molecule has 1 aliphatic heterocycles. The zero-order chi connectivity index (χ0) is 17.7. The fourth-order valence-electron chi connectivity index (χ4n) is 3.25. The van der Waals surface area contributed by atoms with Crippen LogP contribution in [0.4, 0.5) is 16.2 Å². The minimum Gasteiger partial charge on any atom is -0.396 e. The highest BCUT2D eigenvalue weighted by Crippen LogP contribution is 2.28. The summed E-state index contributed by atoms with van der Waals surface area (Å²) >= 11 is 0. The van der Waals surface area contributed by atoms with Crippen LogP contribution in [0, 0.1) is 6.92 Å². The van der Waals surface area contributed by atoms with E-state index >= 15 is 0 Å². The number of urea groups is 1. The van der Waals surface area contributed by atoms with E-state index in [1.54, 1.807) is 0 Å². The van der Waals surface area contributed by atoms with Gasteiger partial charge in [-0.1, -0.05) is 0 Å². The van der Waals surface area contributed by atoms with Crippen molar-refractivity contribution in [2.45, 2.75) is 65.0 Å². The Morgan fingerprint density at radius 3 is 2.75 bits per heavy atom. The van der Waals surface area contributed by atoms with Crippen LogP contribution in [0.1, 0.15) is 52.0 Å². The van der Waals surface area contributed by atoms with Gasteiger partial charge in [-0.25, -0.2) is 4.79 Å². The van der Waals surface area contributed by atoms with Crippen LogP contribution in [0.15, 0.2) is 18.2 Å². The van der Waals surface area contributed by atoms with Gasteiger partial charge in [0.1, 0.15) is 0 Å². The standard InChI is InChI=1S/C19H31N3O2/c1-14-13-16(22-11-6-5-7-15(22)2)8-9-17(14)20-18(24)21-19(3,4)10-12-23/h8-9,13,15,23H,5-7,10-12H2,1-4H3,(H2,20,21,24). The number of carbonyl (C=O) groups excluding carboxylic acids is 1. The third kappa shape index (κ3) is 4.87. The van der Waals surface area contributed by atoms with E-state index < -0.39 is 5.54 Å². The fraction of sp³-hybridized carbons (Fsp3) is 0.632. The number of rotatable bonds is 5. The molecule has 2 amide bonds. The van der Waals surface area contributed by atoms with E-state index in [0.29, 0.717) is 12.5 Å². The summed E-state index contributed by atoms with van der Waals surface area (Å²) in [5.41, 5.74) is 2.67. The molecule has 134 valence electrons. The average molecular weight is 333 g/mol. The summed E-state index contributed by atoms with van der Waals surface area (Å²) < 4.78 is 0. The SMILES string of the molecule is Cc1cc(N2CCCCC2C)ccc1NC(=O)NC(C)(C)CCO. The molecule has 0 bridgehead atoms. The first-order valence-electron chi connectivity index (χ1n) is 8.90. The zero-order valence-electron chi connectivity index (χ0n) is 15.4. The van der Waals surface area contributed by atoms with Crippen LogP contribution >= 0.6 is 0 Å². The fourth-order valence-corrected chi connectivity index (χ4v) is 3.25. The minimum absolute atomic E-state index is 0.0506. The summed E-state index contributed by atoms with van der Waals surface area (Å²) in [6.07, 6.45) is 4.30. The Kier molecular flexibility index (Phi) is 6.10. The van der Waals surface area contributed by atoms with Crippen LogP contribution in [0.2, 0.25) is 0 Å². The summed E-state index contributed by atoms with van der Waals surface area (Å²) in [6.45, 7) is 9.25. The number of aryl methyl sites for hydroxylation is 1. The maximum Gasteiger partial charge on any atom is 0.319 e. The highest BCUT2D eigenvalue weighted by Gasteiger charge is 2.21. The molecule has 2 rings (SSSR count). The number of benzene rings is 1. The number of anilines is 2. The van der Waals surface area contributed by atoms with Crippen LogP contribution in [0.25, 0.3) is 0 Å². The molecule has 5 nitrogen and oxygen atoms in total. The van der Waals surface area contributed by atoms with Gasteiger partial charge in [0.05, 0.1) is 0 Å². The van der Waals surface area contributed by atoms with E-state index in [-0.39, 0.29) is 12.6 Å². The molecule has 1 fully saturated rings. The largest absolute Gasteiger partial charge is 0.396 e. The Hall–Kier alpha value is -1.75. The zero-order valence-corrected chi connectivity index (χ0v) is 15.4. The molecule has 0 aliphatic carbocycles. The van der Waals surface area contributed by atoms with E-state index in [1.807, 2.05) is 26.8 Å². The number of hydrogen-bond donors (Lipinski definition) is 3. The van der Waals surface area contributed by atoms with Crippen LogP contribution in [-0.2, 0) is 0 Å². The Morgan fingerprint density at radius 1 is 1.38 bits per heavy atom. The molecule has 1 aromatic rings. The van der Waals surface area contributed by atoms with Crippen molar-refractivity contribution in [1.82, 2.24) is 5.32 Å². The number of amides is 2. The quantitative estimate of drug-likeness (QED) is 0.770. The highest BCUT2D eigenvalue weighted by atomic mass is 16.3. The molecule has 24 heavy (non-hydrogen) atoms. The summed E-state index contributed by atoms with van der Waals surface area (Å²) in [5.74, 6) is 0. The Balaban J connectivity index is 2.03. The van der Waals surface area contributed by atoms with Crippen molar-refractivity contribution in [3.63, 3.8) is 0 Å². The Morgan fingerprint density at radius 2 is 2.12 bits per heavy atom. The van der Waals surface area contributed by atoms with Crippen LogP contribution in [0.3, 0.4) is 0 Å². The normalized spacial score (nSPS) is 18.4. The molecular weight excluding hydrogens is 302 g/mol. The summed E-state index contributed by atoms with van der Waals surface area (Å²) in [4.78, 5) is 14.6. The molecule has 3 N–H and O–H groups in total. The average Bonchev–Trinajstić information content (AvgIpc) is 2.49. The van der Waals surface area contributed by atoms with Crippen molar-refractivity contribution >= 4 is 17.4 Å². The van der Waals surface area contributed by atoms with Crippen LogP contribution in [0.5, 0.6) is 0 Å². The molecule has 0 radical (unpaired) electrons. The highest BCUT2D eigenvalue weighted by molar-refractivity contribution is 5.90. The number of aliphatic hydroxyl groups is 1. The van der Waals surface area contributed by atoms with Gasteiger partial charge in [0.2, 0.25) is 0 Å². The van der Waals surface area contributed by atoms with E-state index in [1.165, 1.54) is 24.9 Å². The van der Waals surface area contributed by atoms with Crippen molar-refractivity contribution < 1.29 is 9.90 Å². The van der Waals surface area contributed by atoms with Crippen molar-refractivity contribution in [2.75, 3.05) is 23.4 Å². The molecule has 1 unspecified atom stereocenters. The molecule has 5 heteroatoms. The van der Waals surface area contributed by atoms with Crippen molar-refractivity contribution in [1.29, 1.82) is 0 Å². The summed E-state index contributed by atoms with van der Waals surface area (Å²) in [5, 5.41) is 14.9. The summed E-state index contributed by atoms with van der Waals surface area (Å²) in [6, 6.07) is 6.54. The van der Waals surface area contributed by atoms with Gasteiger partial charge in [0.25, 0.3) is 0 Å². The van der Waals surface area contributed by atoms with Crippen LogP contribution < -0.4 is 15.5 Å². The van der Waals surface area contributed by atoms with E-state index in [4.69, 9.17) is 5.11 Å². The molecule has 0 saturated carbocycles. The van der Waals surface area contributed by atoms with Gasteiger partial charge >= 0.3 is 6.03 Å². The van der Waals surface area contributed by atoms with Gasteiger partial charge in [-0.3, -0.25) is 0 Å². The first-order valence-corrected chi connectivity index (χ1v) is 8.90. The predicted molar refractivity (Wildman–Crippen MR) is 99.8 cm³/mol. The second-order valence-corrected chi connectivity index (χ2v) is 7.47. The second kappa shape index (κ2) is 7.88. The first kappa shape index (κ1) is 18.6. The van der Waals surface area contributed by atoms with E-state index in [9.17, 15) is 4.79 Å². The van der Waals surface area contributed by atoms with Gasteiger partial charge in [-0.05, 0) is 77.1 Å². The lowest BCUT2D eigenvalue weighted by Crippen LogP contribution is -2.46. The number of piperidine rings is 1. The van der Waals surface area contributed by atoms with Crippen molar-refractivity contribution in [3.05, 3.63) is 23.8 Å².